The fraction of sp³-hybridized carbons (Fsp3) is 0.609. The topological polar surface area (TPSA) is 231 Å². The van der Waals surface area contributed by atoms with Crippen molar-refractivity contribution in [2.24, 2.45) is 22.7 Å². The smallest absolute Gasteiger partial charge is 0.408 e. The highest BCUT2D eigenvalue weighted by atomic mass is 32.1. The van der Waals surface area contributed by atoms with E-state index < -0.39 is 125 Å². The van der Waals surface area contributed by atoms with Crippen LogP contribution in [0.1, 0.15) is 108 Å². The van der Waals surface area contributed by atoms with E-state index in [2.05, 4.69) is 5.32 Å². The average molecular weight is 896 g/mol. The summed E-state index contributed by atoms with van der Waals surface area (Å²) < 4.78 is 36.1. The summed E-state index contributed by atoms with van der Waals surface area (Å²) in [6.45, 7) is 10.3. The van der Waals surface area contributed by atoms with Crippen LogP contribution in [0.5, 0.6) is 0 Å². The number of carbonyl (C=O) groups excluding carboxylic acids is 6. The van der Waals surface area contributed by atoms with Gasteiger partial charge in [0.2, 0.25) is 0 Å². The van der Waals surface area contributed by atoms with Crippen LogP contribution in [0.4, 0.5) is 4.79 Å². The minimum absolute atomic E-state index is 0.0366. The number of Topliss-reactive ketones (excluding diaryl/α,β-unsaturated/α-hetero) is 1. The lowest BCUT2D eigenvalue weighted by Gasteiger charge is -2.67. The molecule has 0 radical (unpaired) electrons. The number of hydrogen-bond acceptors (Lipinski definition) is 16. The normalized spacial score (nSPS) is 33.3. The Morgan fingerprint density at radius 1 is 0.968 bits per heavy atom. The van der Waals surface area contributed by atoms with Gasteiger partial charge in [-0.3, -0.25) is 14.4 Å². The van der Waals surface area contributed by atoms with E-state index in [0.717, 1.165) is 24.2 Å². The van der Waals surface area contributed by atoms with Crippen molar-refractivity contribution >= 4 is 47.1 Å². The van der Waals surface area contributed by atoms with Gasteiger partial charge in [-0.1, -0.05) is 51.0 Å². The predicted molar refractivity (Wildman–Crippen MR) is 223 cm³/mol. The summed E-state index contributed by atoms with van der Waals surface area (Å²) in [5.74, 6) is -6.50. The molecule has 4 N–H and O–H groups in total. The number of thiophene rings is 1. The first-order valence-electron chi connectivity index (χ1n) is 21.5. The number of aliphatic hydroxyl groups is 3. The van der Waals surface area contributed by atoms with E-state index in [4.69, 9.17) is 28.4 Å². The highest BCUT2D eigenvalue weighted by Crippen LogP contribution is 2.64. The van der Waals surface area contributed by atoms with Gasteiger partial charge in [-0.2, -0.15) is 0 Å². The maximum absolute atomic E-state index is 15.8. The number of ether oxygens (including phenoxy) is 6. The first-order chi connectivity index (χ1) is 29.7. The van der Waals surface area contributed by atoms with Crippen LogP contribution in [0, 0.1) is 22.7 Å². The van der Waals surface area contributed by atoms with E-state index in [0.29, 0.717) is 17.7 Å². The number of amides is 1. The number of rotatable bonds is 11. The van der Waals surface area contributed by atoms with E-state index in [-0.39, 0.29) is 29.7 Å². The Labute approximate surface area is 369 Å². The molecule has 16 nitrogen and oxygen atoms in total. The van der Waals surface area contributed by atoms with E-state index in [9.17, 15) is 39.3 Å². The maximum atomic E-state index is 15.8. The Hall–Kier alpha value is -4.68. The van der Waals surface area contributed by atoms with Crippen molar-refractivity contribution in [1.82, 2.24) is 5.32 Å². The molecule has 3 saturated carbocycles. The molecule has 1 aromatic carbocycles. The lowest BCUT2D eigenvalue weighted by atomic mass is 9.44. The molecule has 1 saturated heterocycles. The van der Waals surface area contributed by atoms with Crippen LogP contribution in [0.15, 0.2) is 59.0 Å². The Morgan fingerprint density at radius 3 is 2.24 bits per heavy atom. The van der Waals surface area contributed by atoms with Gasteiger partial charge in [0, 0.05) is 30.1 Å². The van der Waals surface area contributed by atoms with Gasteiger partial charge in [-0.25, -0.2) is 14.4 Å². The molecule has 1 aliphatic heterocycles. The zero-order valence-electron chi connectivity index (χ0n) is 36.5. The molecule has 0 spiro atoms. The number of esters is 4. The molecule has 2 aromatic rings. The van der Waals surface area contributed by atoms with Crippen molar-refractivity contribution in [3.8, 4) is 0 Å². The molecule has 7 rings (SSSR count). The quantitative estimate of drug-likeness (QED) is 0.136. The second kappa shape index (κ2) is 17.4. The van der Waals surface area contributed by atoms with Gasteiger partial charge in [-0.05, 0) is 75.3 Å². The monoisotopic (exact) mass is 895 g/mol. The third-order valence-electron chi connectivity index (χ3n) is 14.1. The first-order valence-corrected chi connectivity index (χ1v) is 22.4. The van der Waals surface area contributed by atoms with Crippen LogP contribution in [0.3, 0.4) is 0 Å². The van der Waals surface area contributed by atoms with E-state index in [1.807, 2.05) is 0 Å². The van der Waals surface area contributed by atoms with Crippen molar-refractivity contribution in [3.63, 3.8) is 0 Å². The zero-order chi connectivity index (χ0) is 45.8. The molecule has 1 aromatic heterocycles. The molecule has 4 fully saturated rings. The third kappa shape index (κ3) is 7.97. The van der Waals surface area contributed by atoms with Gasteiger partial charge in [0.15, 0.2) is 23.6 Å². The minimum atomic E-state index is -2.39. The van der Waals surface area contributed by atoms with Crippen LogP contribution in [0.2, 0.25) is 0 Å². The van der Waals surface area contributed by atoms with Crippen molar-refractivity contribution in [2.45, 2.75) is 147 Å². The molecule has 4 aliphatic carbocycles. The van der Waals surface area contributed by atoms with Gasteiger partial charge in [-0.15, -0.1) is 11.3 Å². The number of fused-ring (bicyclic) bond motifs is 5. The average Bonchev–Trinajstić information content (AvgIpc) is 3.97. The van der Waals surface area contributed by atoms with Crippen LogP contribution >= 0.6 is 11.3 Å². The molecule has 17 heteroatoms. The van der Waals surface area contributed by atoms with Crippen LogP contribution in [0.25, 0.3) is 0 Å². The summed E-state index contributed by atoms with van der Waals surface area (Å²) in [5, 5.41) is 41.9. The Bertz CT molecular complexity index is 2130. The summed E-state index contributed by atoms with van der Waals surface area (Å²) >= 11 is 1.15. The standard InChI is InChI=1S/C46H57NO15S/c1-23(2)58-42(55)47-33(29-18-13-19-63-29)34(50)41(54)59-28-21-46(56)38(61-40(53)27-14-9-8-10-15-27)36-44(7,30(49)20-31-45(36,22-57-31)62-25(4)48)37(51)35(32(24(28)3)43(46,5)6)60-39(52)26-16-11-12-17-26/h8-10,13-15,18-19,23,26,28,30-31,33-36,38,49-50,56H,11-12,16-17,20-22H2,1-7H3,(H,47,55)/t28-,30-,31+,33-,34+,35+,36?,38-,44+,45-,46+/m0/s1. The Balaban J connectivity index is 1.41. The number of aliphatic hydroxyl groups excluding tert-OH is 2. The summed E-state index contributed by atoms with van der Waals surface area (Å²) in [7, 11) is 0. The summed E-state index contributed by atoms with van der Waals surface area (Å²) in [6.07, 6.45) is -9.30. The van der Waals surface area contributed by atoms with E-state index in [1.165, 1.54) is 26.0 Å². The number of hydrogen-bond donors (Lipinski definition) is 4. The second-order valence-corrected chi connectivity index (χ2v) is 19.5. The molecular formula is C46H57NO15S. The number of carbonyl (C=O) groups is 6. The van der Waals surface area contributed by atoms with Crippen LogP contribution < -0.4 is 5.32 Å². The Morgan fingerprint density at radius 2 is 1.65 bits per heavy atom. The third-order valence-corrected chi connectivity index (χ3v) is 15.1. The van der Waals surface area contributed by atoms with Crippen LogP contribution in [-0.2, 0) is 47.6 Å². The van der Waals surface area contributed by atoms with Crippen molar-refractivity contribution in [2.75, 3.05) is 6.61 Å². The number of nitrogens with one attached hydrogen (secondary N) is 1. The minimum Gasteiger partial charge on any atom is -0.456 e. The van der Waals surface area contributed by atoms with Crippen molar-refractivity contribution < 1.29 is 72.5 Å². The van der Waals surface area contributed by atoms with Gasteiger partial charge in [0.05, 0.1) is 41.6 Å². The molecule has 1 unspecified atom stereocenters. The molecular weight excluding hydrogens is 839 g/mol. The highest BCUT2D eigenvalue weighted by molar-refractivity contribution is 7.10. The van der Waals surface area contributed by atoms with Gasteiger partial charge >= 0.3 is 30.0 Å². The molecule has 1 amide bonds. The number of benzene rings is 1. The fourth-order valence-electron chi connectivity index (χ4n) is 10.7. The van der Waals surface area contributed by atoms with Crippen molar-refractivity contribution in [3.05, 3.63) is 69.4 Å². The molecule has 2 bridgehead atoms. The number of ketones is 1. The molecule has 342 valence electrons. The SMILES string of the molecule is CC(=O)O[C@@]12CO[C@@H]1C[C@H](O)[C@@]1(C)C(=O)[C@H](OC(=O)C3CCCC3)C3=C(C)[C@@H](OC(=O)[C@H](O)[C@@H](NC(=O)OC(C)C)c4cccs4)C[C@@](O)([C@@H](OC(=O)c4ccccc4)C12)C3(C)C. The maximum Gasteiger partial charge on any atom is 0.408 e. The van der Waals surface area contributed by atoms with E-state index in [1.54, 1.807) is 70.3 Å². The predicted octanol–water partition coefficient (Wildman–Crippen LogP) is 4.67. The largest absolute Gasteiger partial charge is 0.456 e. The highest BCUT2D eigenvalue weighted by Gasteiger charge is 2.78. The lowest BCUT2D eigenvalue weighted by Crippen LogP contribution is -2.82. The van der Waals surface area contributed by atoms with Crippen LogP contribution in [-0.4, -0.2) is 112 Å². The number of alkyl carbamates (subject to hydrolysis) is 1. The first kappa shape index (κ1) is 46.3. The summed E-state index contributed by atoms with van der Waals surface area (Å²) in [6, 6.07) is 9.82. The summed E-state index contributed by atoms with van der Waals surface area (Å²) in [4.78, 5) is 84.8. The lowest BCUT2D eigenvalue weighted by molar-refractivity contribution is -0.346. The van der Waals surface area contributed by atoms with Gasteiger partial charge < -0.3 is 49.1 Å². The van der Waals surface area contributed by atoms with Crippen molar-refractivity contribution in [1.29, 1.82) is 0 Å². The molecule has 5 aliphatic rings. The zero-order valence-corrected chi connectivity index (χ0v) is 37.3. The van der Waals surface area contributed by atoms with Gasteiger partial charge in [0.25, 0.3) is 0 Å². The van der Waals surface area contributed by atoms with Gasteiger partial charge in [0.1, 0.15) is 30.0 Å². The Kier molecular flexibility index (Phi) is 12.8. The summed E-state index contributed by atoms with van der Waals surface area (Å²) in [5.41, 5.74) is -7.55. The second-order valence-electron chi connectivity index (χ2n) is 18.5. The molecule has 11 atom stereocenters. The molecule has 63 heavy (non-hydrogen) atoms. The van der Waals surface area contributed by atoms with E-state index >= 15 is 4.79 Å². The molecule has 2 heterocycles. The fourth-order valence-corrected chi connectivity index (χ4v) is 11.5.